The van der Waals surface area contributed by atoms with E-state index in [-0.39, 0.29) is 17.1 Å². The van der Waals surface area contributed by atoms with E-state index in [1.807, 2.05) is 0 Å². The predicted octanol–water partition coefficient (Wildman–Crippen LogP) is 1.22. The SMILES string of the molecule is COc1cccc(O)c1C(=O)/C=C/C(=O)O. The molecule has 0 aliphatic carbocycles. The van der Waals surface area contributed by atoms with Gasteiger partial charge in [-0.2, -0.15) is 0 Å². The highest BCUT2D eigenvalue weighted by molar-refractivity contribution is 6.10. The second-order valence-electron chi connectivity index (χ2n) is 2.89. The van der Waals surface area contributed by atoms with Crippen molar-refractivity contribution in [3.8, 4) is 11.5 Å². The maximum atomic E-state index is 11.6. The van der Waals surface area contributed by atoms with Crippen molar-refractivity contribution < 1.29 is 24.5 Å². The van der Waals surface area contributed by atoms with E-state index in [4.69, 9.17) is 9.84 Å². The fourth-order valence-electron chi connectivity index (χ4n) is 1.17. The summed E-state index contributed by atoms with van der Waals surface area (Å²) in [5.74, 6) is -1.92. The number of phenols is 1. The van der Waals surface area contributed by atoms with Crippen LogP contribution in [0.3, 0.4) is 0 Å². The number of carboxylic acid groups (broad SMARTS) is 1. The Bertz CT molecular complexity index is 448. The molecule has 2 N–H and O–H groups in total. The van der Waals surface area contributed by atoms with Crippen molar-refractivity contribution in [2.45, 2.75) is 0 Å². The van der Waals surface area contributed by atoms with Gasteiger partial charge < -0.3 is 14.9 Å². The highest BCUT2D eigenvalue weighted by Gasteiger charge is 2.14. The molecule has 0 aromatic heterocycles. The summed E-state index contributed by atoms with van der Waals surface area (Å²) in [6.07, 6.45) is 1.56. The van der Waals surface area contributed by atoms with E-state index in [2.05, 4.69) is 0 Å². The lowest BCUT2D eigenvalue weighted by molar-refractivity contribution is -0.131. The zero-order chi connectivity index (χ0) is 12.1. The Balaban J connectivity index is 3.12. The largest absolute Gasteiger partial charge is 0.507 e. The van der Waals surface area contributed by atoms with Gasteiger partial charge >= 0.3 is 5.97 Å². The summed E-state index contributed by atoms with van der Waals surface area (Å²) in [5, 5.41) is 17.8. The summed E-state index contributed by atoms with van der Waals surface area (Å²) in [4.78, 5) is 21.8. The average Bonchev–Trinajstić information content (AvgIpc) is 2.25. The number of hydrogen-bond donors (Lipinski definition) is 2. The van der Waals surface area contributed by atoms with E-state index in [0.29, 0.717) is 6.08 Å². The molecule has 0 heterocycles. The Kier molecular flexibility index (Phi) is 3.66. The molecule has 0 fully saturated rings. The van der Waals surface area contributed by atoms with Crippen LogP contribution in [-0.4, -0.2) is 29.1 Å². The van der Waals surface area contributed by atoms with Gasteiger partial charge in [0.1, 0.15) is 17.1 Å². The number of methoxy groups -OCH3 is 1. The van der Waals surface area contributed by atoms with Crippen LogP contribution >= 0.6 is 0 Å². The Morgan fingerprint density at radius 3 is 2.56 bits per heavy atom. The maximum Gasteiger partial charge on any atom is 0.328 e. The number of carbonyl (C=O) groups excluding carboxylic acids is 1. The van der Waals surface area contributed by atoms with Crippen molar-refractivity contribution in [1.82, 2.24) is 0 Å². The van der Waals surface area contributed by atoms with Gasteiger partial charge in [0.05, 0.1) is 7.11 Å². The van der Waals surface area contributed by atoms with E-state index in [1.165, 1.54) is 25.3 Å². The first kappa shape index (κ1) is 11.8. The molecule has 84 valence electrons. The van der Waals surface area contributed by atoms with Gasteiger partial charge in [-0.15, -0.1) is 0 Å². The van der Waals surface area contributed by atoms with E-state index >= 15 is 0 Å². The Morgan fingerprint density at radius 2 is 2.00 bits per heavy atom. The normalized spacial score (nSPS) is 10.3. The summed E-state index contributed by atoms with van der Waals surface area (Å²) < 4.78 is 4.89. The third-order valence-electron chi connectivity index (χ3n) is 1.85. The summed E-state index contributed by atoms with van der Waals surface area (Å²) in [5.41, 5.74) is -0.0532. The minimum atomic E-state index is -1.23. The molecule has 0 saturated carbocycles. The number of rotatable bonds is 4. The Morgan fingerprint density at radius 1 is 1.31 bits per heavy atom. The highest BCUT2D eigenvalue weighted by atomic mass is 16.5. The molecule has 0 aliphatic rings. The van der Waals surface area contributed by atoms with Crippen LogP contribution in [-0.2, 0) is 4.79 Å². The maximum absolute atomic E-state index is 11.6. The average molecular weight is 222 g/mol. The zero-order valence-electron chi connectivity index (χ0n) is 8.51. The van der Waals surface area contributed by atoms with Crippen molar-refractivity contribution in [3.05, 3.63) is 35.9 Å². The van der Waals surface area contributed by atoms with Gasteiger partial charge in [0.15, 0.2) is 5.78 Å². The second kappa shape index (κ2) is 4.97. The van der Waals surface area contributed by atoms with Gasteiger partial charge in [-0.3, -0.25) is 4.79 Å². The molecule has 0 atom stereocenters. The Labute approximate surface area is 91.6 Å². The van der Waals surface area contributed by atoms with E-state index < -0.39 is 11.8 Å². The van der Waals surface area contributed by atoms with Gasteiger partial charge in [-0.05, 0) is 18.2 Å². The third kappa shape index (κ3) is 2.60. The molecule has 0 saturated heterocycles. The third-order valence-corrected chi connectivity index (χ3v) is 1.85. The number of hydrogen-bond acceptors (Lipinski definition) is 4. The van der Waals surface area contributed by atoms with Crippen LogP contribution in [0.1, 0.15) is 10.4 Å². The second-order valence-corrected chi connectivity index (χ2v) is 2.89. The molecular weight excluding hydrogens is 212 g/mol. The van der Waals surface area contributed by atoms with Crippen molar-refractivity contribution in [1.29, 1.82) is 0 Å². The zero-order valence-corrected chi connectivity index (χ0v) is 8.51. The van der Waals surface area contributed by atoms with E-state index in [9.17, 15) is 14.7 Å². The highest BCUT2D eigenvalue weighted by Crippen LogP contribution is 2.27. The Hall–Kier alpha value is -2.30. The van der Waals surface area contributed by atoms with Crippen LogP contribution in [0.2, 0.25) is 0 Å². The van der Waals surface area contributed by atoms with Crippen molar-refractivity contribution >= 4 is 11.8 Å². The monoisotopic (exact) mass is 222 g/mol. The lowest BCUT2D eigenvalue weighted by Crippen LogP contribution is -2.00. The van der Waals surface area contributed by atoms with Crippen LogP contribution in [0.15, 0.2) is 30.4 Å². The molecule has 0 amide bonds. The predicted molar refractivity (Wildman–Crippen MR) is 55.8 cm³/mol. The molecule has 0 aliphatic heterocycles. The number of aromatic hydroxyl groups is 1. The summed E-state index contributed by atoms with van der Waals surface area (Å²) in [6.45, 7) is 0. The number of aliphatic carboxylic acids is 1. The lowest BCUT2D eigenvalue weighted by Gasteiger charge is -2.06. The minimum Gasteiger partial charge on any atom is -0.507 e. The van der Waals surface area contributed by atoms with Crippen molar-refractivity contribution in [3.63, 3.8) is 0 Å². The fourth-order valence-corrected chi connectivity index (χ4v) is 1.17. The van der Waals surface area contributed by atoms with E-state index in [1.54, 1.807) is 0 Å². The first-order valence-corrected chi connectivity index (χ1v) is 4.37. The molecule has 0 radical (unpaired) electrons. The molecule has 0 spiro atoms. The van der Waals surface area contributed by atoms with Gasteiger partial charge in [0.2, 0.25) is 0 Å². The summed E-state index contributed by atoms with van der Waals surface area (Å²) in [7, 11) is 1.35. The van der Waals surface area contributed by atoms with Crippen LogP contribution in [0, 0.1) is 0 Å². The van der Waals surface area contributed by atoms with Crippen molar-refractivity contribution in [2.24, 2.45) is 0 Å². The van der Waals surface area contributed by atoms with Gasteiger partial charge in [0.25, 0.3) is 0 Å². The lowest BCUT2D eigenvalue weighted by atomic mass is 10.1. The van der Waals surface area contributed by atoms with Crippen LogP contribution in [0.5, 0.6) is 11.5 Å². The summed E-state index contributed by atoms with van der Waals surface area (Å²) >= 11 is 0. The number of carbonyl (C=O) groups is 2. The molecule has 1 aromatic rings. The minimum absolute atomic E-state index is 0.0532. The van der Waals surface area contributed by atoms with Gasteiger partial charge in [-0.1, -0.05) is 6.07 Å². The van der Waals surface area contributed by atoms with Crippen LogP contribution in [0.25, 0.3) is 0 Å². The van der Waals surface area contributed by atoms with Gasteiger partial charge in [-0.25, -0.2) is 4.79 Å². The fraction of sp³-hybridized carbons (Fsp3) is 0.0909. The first-order valence-electron chi connectivity index (χ1n) is 4.37. The van der Waals surface area contributed by atoms with Gasteiger partial charge in [0, 0.05) is 6.08 Å². The number of ketones is 1. The molecule has 1 rings (SSSR count). The van der Waals surface area contributed by atoms with Crippen molar-refractivity contribution in [2.75, 3.05) is 7.11 Å². The number of benzene rings is 1. The molecule has 16 heavy (non-hydrogen) atoms. The molecule has 5 nitrogen and oxygen atoms in total. The molecule has 0 bridgehead atoms. The standard InChI is InChI=1S/C11H10O5/c1-16-9-4-2-3-7(12)11(9)8(13)5-6-10(14)15/h2-6,12H,1H3,(H,14,15)/b6-5+. The molecule has 0 unspecified atom stereocenters. The quantitative estimate of drug-likeness (QED) is 0.591. The number of allylic oxidation sites excluding steroid dienone is 1. The smallest absolute Gasteiger partial charge is 0.328 e. The number of phenolic OH excluding ortho intramolecular Hbond substituents is 1. The van der Waals surface area contributed by atoms with Crippen LogP contribution < -0.4 is 4.74 Å². The molecule has 5 heteroatoms. The van der Waals surface area contributed by atoms with Crippen LogP contribution in [0.4, 0.5) is 0 Å². The summed E-state index contributed by atoms with van der Waals surface area (Å²) in [6, 6.07) is 4.35. The topological polar surface area (TPSA) is 83.8 Å². The number of ether oxygens (including phenoxy) is 1. The molecular formula is C11H10O5. The number of carboxylic acids is 1. The first-order chi connectivity index (χ1) is 7.56. The van der Waals surface area contributed by atoms with E-state index in [0.717, 1.165) is 6.08 Å². The molecule has 1 aromatic carbocycles.